The number of nitrogens with one attached hydrogen (secondary N) is 1. The first-order chi connectivity index (χ1) is 16.0. The van der Waals surface area contributed by atoms with E-state index in [4.69, 9.17) is 0 Å². The fourth-order valence-corrected chi connectivity index (χ4v) is 4.49. The Labute approximate surface area is 202 Å². The largest absolute Gasteiger partial charge is 0.352 e. The fourth-order valence-electron chi connectivity index (χ4n) is 3.59. The van der Waals surface area contributed by atoms with Crippen LogP contribution >= 0.6 is 0 Å². The van der Waals surface area contributed by atoms with E-state index in [1.807, 2.05) is 13.8 Å². The monoisotopic (exact) mass is 491 g/mol. The molecule has 186 valence electrons. The molecule has 0 saturated carbocycles. The molecule has 0 aliphatic carbocycles. The molecule has 0 heterocycles. The number of nitrogens with zero attached hydrogens (tertiary/aromatic N) is 2. The van der Waals surface area contributed by atoms with Crippen LogP contribution in [0.3, 0.4) is 0 Å². The second-order valence-electron chi connectivity index (χ2n) is 8.45. The van der Waals surface area contributed by atoms with Gasteiger partial charge in [-0.2, -0.15) is 0 Å². The number of hydrogen-bond donors (Lipinski definition) is 1. The number of carbonyl (C=O) groups excluding carboxylic acids is 2. The third-order valence-electron chi connectivity index (χ3n) is 5.72. The molecule has 0 radical (unpaired) electrons. The van der Waals surface area contributed by atoms with Crippen LogP contribution < -0.4 is 9.62 Å². The SMILES string of the molecule is CC[C@@H](C)NC(=O)[C@@H](CC)N(Cc1ccc(F)cc1)C(=O)CN(c1ccccc1C)S(C)(=O)=O. The van der Waals surface area contributed by atoms with Crippen molar-refractivity contribution in [2.45, 2.75) is 59.2 Å². The molecule has 7 nitrogen and oxygen atoms in total. The summed E-state index contributed by atoms with van der Waals surface area (Å²) < 4.78 is 39.7. The van der Waals surface area contributed by atoms with Gasteiger partial charge in [-0.25, -0.2) is 12.8 Å². The van der Waals surface area contributed by atoms with Crippen molar-refractivity contribution in [3.8, 4) is 0 Å². The molecule has 0 bridgehead atoms. The van der Waals surface area contributed by atoms with Gasteiger partial charge in [-0.05, 0) is 56.0 Å². The minimum absolute atomic E-state index is 0.0386. The quantitative estimate of drug-likeness (QED) is 0.520. The molecule has 1 N–H and O–H groups in total. The molecule has 9 heteroatoms. The Morgan fingerprint density at radius 2 is 1.65 bits per heavy atom. The maximum atomic E-state index is 13.6. The Morgan fingerprint density at radius 3 is 2.18 bits per heavy atom. The maximum Gasteiger partial charge on any atom is 0.244 e. The van der Waals surface area contributed by atoms with Gasteiger partial charge in [-0.1, -0.05) is 44.2 Å². The van der Waals surface area contributed by atoms with Crippen LogP contribution in [0.25, 0.3) is 0 Å². The smallest absolute Gasteiger partial charge is 0.244 e. The molecule has 0 aromatic heterocycles. The molecule has 2 rings (SSSR count). The van der Waals surface area contributed by atoms with E-state index in [0.29, 0.717) is 23.2 Å². The van der Waals surface area contributed by atoms with Crippen molar-refractivity contribution >= 4 is 27.5 Å². The Balaban J connectivity index is 2.44. The average molecular weight is 492 g/mol. The third kappa shape index (κ3) is 7.28. The van der Waals surface area contributed by atoms with Crippen molar-refractivity contribution in [3.05, 3.63) is 65.5 Å². The summed E-state index contributed by atoms with van der Waals surface area (Å²) in [5, 5.41) is 2.91. The van der Waals surface area contributed by atoms with Crippen molar-refractivity contribution in [1.82, 2.24) is 10.2 Å². The number of halogens is 1. The number of para-hydroxylation sites is 1. The Bertz CT molecular complexity index is 1090. The first-order valence-corrected chi connectivity index (χ1v) is 13.2. The number of sulfonamides is 1. The van der Waals surface area contributed by atoms with Gasteiger partial charge in [-0.15, -0.1) is 0 Å². The lowest BCUT2D eigenvalue weighted by Crippen LogP contribution is -2.53. The minimum Gasteiger partial charge on any atom is -0.352 e. The van der Waals surface area contributed by atoms with Gasteiger partial charge in [0.15, 0.2) is 0 Å². The van der Waals surface area contributed by atoms with Crippen LogP contribution in [-0.2, 0) is 26.2 Å². The van der Waals surface area contributed by atoms with Gasteiger partial charge in [0, 0.05) is 12.6 Å². The summed E-state index contributed by atoms with van der Waals surface area (Å²) in [5.41, 5.74) is 1.73. The third-order valence-corrected chi connectivity index (χ3v) is 6.84. The van der Waals surface area contributed by atoms with E-state index in [-0.39, 0.29) is 18.5 Å². The van der Waals surface area contributed by atoms with Crippen molar-refractivity contribution < 1.29 is 22.4 Å². The summed E-state index contributed by atoms with van der Waals surface area (Å²) in [7, 11) is -3.79. The lowest BCUT2D eigenvalue weighted by molar-refractivity contribution is -0.140. The van der Waals surface area contributed by atoms with E-state index in [9.17, 15) is 22.4 Å². The summed E-state index contributed by atoms with van der Waals surface area (Å²) in [4.78, 5) is 28.0. The zero-order valence-electron chi connectivity index (χ0n) is 20.4. The number of hydrogen-bond acceptors (Lipinski definition) is 4. The van der Waals surface area contributed by atoms with Crippen molar-refractivity contribution in [3.63, 3.8) is 0 Å². The second kappa shape index (κ2) is 12.0. The van der Waals surface area contributed by atoms with E-state index in [1.165, 1.54) is 17.0 Å². The van der Waals surface area contributed by atoms with E-state index in [2.05, 4.69) is 5.32 Å². The molecule has 0 aliphatic rings. The molecule has 2 amide bonds. The van der Waals surface area contributed by atoms with Crippen LogP contribution in [0.5, 0.6) is 0 Å². The Kier molecular flexibility index (Phi) is 9.61. The molecule has 0 spiro atoms. The van der Waals surface area contributed by atoms with Gasteiger partial charge in [0.25, 0.3) is 0 Å². The summed E-state index contributed by atoms with van der Waals surface area (Å²) in [5.74, 6) is -1.25. The molecule has 2 atom stereocenters. The maximum absolute atomic E-state index is 13.6. The van der Waals surface area contributed by atoms with Gasteiger partial charge in [-0.3, -0.25) is 13.9 Å². The first kappa shape index (κ1) is 27.3. The lowest BCUT2D eigenvalue weighted by atomic mass is 10.1. The minimum atomic E-state index is -3.79. The van der Waals surface area contributed by atoms with Gasteiger partial charge < -0.3 is 10.2 Å². The standard InChI is InChI=1S/C25H34FN3O4S/c1-6-19(4)27-25(31)22(7-2)28(16-20-12-14-21(26)15-13-20)24(30)17-29(34(5,32)33)23-11-9-8-10-18(23)3/h8-15,19,22H,6-7,16-17H2,1-5H3,(H,27,31)/t19-,22-/m1/s1. The number of anilines is 1. The molecule has 0 unspecified atom stereocenters. The zero-order chi connectivity index (χ0) is 25.5. The number of amides is 2. The van der Waals surface area contributed by atoms with Crippen molar-refractivity contribution in [1.29, 1.82) is 0 Å². The molecular formula is C25H34FN3O4S. The van der Waals surface area contributed by atoms with Crippen molar-refractivity contribution in [2.75, 3.05) is 17.1 Å². The topological polar surface area (TPSA) is 86.8 Å². The van der Waals surface area contributed by atoms with E-state index in [1.54, 1.807) is 50.2 Å². The highest BCUT2D eigenvalue weighted by molar-refractivity contribution is 7.92. The fraction of sp³-hybridized carbons (Fsp3) is 0.440. The number of carbonyl (C=O) groups is 2. The first-order valence-electron chi connectivity index (χ1n) is 11.4. The van der Waals surface area contributed by atoms with Crippen LogP contribution in [0.15, 0.2) is 48.5 Å². The summed E-state index contributed by atoms with van der Waals surface area (Å²) in [6.45, 7) is 6.96. The molecule has 0 aliphatic heterocycles. The number of rotatable bonds is 11. The normalized spacial score (nSPS) is 13.1. The molecule has 2 aromatic carbocycles. The van der Waals surface area contributed by atoms with Crippen LogP contribution in [0, 0.1) is 12.7 Å². The van der Waals surface area contributed by atoms with Gasteiger partial charge in [0.05, 0.1) is 11.9 Å². The number of benzene rings is 2. The molecule has 0 saturated heterocycles. The highest BCUT2D eigenvalue weighted by Gasteiger charge is 2.32. The molecule has 0 fully saturated rings. The van der Waals surface area contributed by atoms with Gasteiger partial charge >= 0.3 is 0 Å². The summed E-state index contributed by atoms with van der Waals surface area (Å²) in [6.07, 6.45) is 2.10. The summed E-state index contributed by atoms with van der Waals surface area (Å²) in [6, 6.07) is 11.7. The van der Waals surface area contributed by atoms with E-state index in [0.717, 1.165) is 17.0 Å². The highest BCUT2D eigenvalue weighted by atomic mass is 32.2. The van der Waals surface area contributed by atoms with Gasteiger partial charge in [0.1, 0.15) is 18.4 Å². The van der Waals surface area contributed by atoms with Crippen LogP contribution in [0.1, 0.15) is 44.7 Å². The van der Waals surface area contributed by atoms with Gasteiger partial charge in [0.2, 0.25) is 21.8 Å². The second-order valence-corrected chi connectivity index (χ2v) is 10.4. The Morgan fingerprint density at radius 1 is 1.03 bits per heavy atom. The van der Waals surface area contributed by atoms with Crippen LogP contribution in [0.4, 0.5) is 10.1 Å². The van der Waals surface area contributed by atoms with E-state index >= 15 is 0 Å². The Hall–Kier alpha value is -2.94. The van der Waals surface area contributed by atoms with E-state index < -0.39 is 34.3 Å². The molecule has 34 heavy (non-hydrogen) atoms. The highest BCUT2D eigenvalue weighted by Crippen LogP contribution is 2.23. The summed E-state index contributed by atoms with van der Waals surface area (Å²) >= 11 is 0. The molecular weight excluding hydrogens is 457 g/mol. The molecule has 2 aromatic rings. The van der Waals surface area contributed by atoms with Crippen LogP contribution in [-0.4, -0.2) is 50.0 Å². The average Bonchev–Trinajstić information content (AvgIpc) is 2.78. The lowest BCUT2D eigenvalue weighted by Gasteiger charge is -2.33. The predicted octanol–water partition coefficient (Wildman–Crippen LogP) is 3.62. The number of aryl methyl sites for hydroxylation is 1. The van der Waals surface area contributed by atoms with Crippen molar-refractivity contribution in [2.24, 2.45) is 0 Å². The van der Waals surface area contributed by atoms with Crippen LogP contribution in [0.2, 0.25) is 0 Å². The zero-order valence-corrected chi connectivity index (χ0v) is 21.2. The predicted molar refractivity (Wildman–Crippen MR) is 132 cm³/mol.